The van der Waals surface area contributed by atoms with Crippen molar-refractivity contribution < 1.29 is 0 Å². The molecule has 3 rings (SSSR count). The lowest BCUT2D eigenvalue weighted by atomic mass is 9.85. The molecule has 124 valence electrons. The topological polar surface area (TPSA) is 3.24 Å². The lowest BCUT2D eigenvalue weighted by Gasteiger charge is -2.21. The molecule has 0 radical (unpaired) electrons. The molecule has 1 heterocycles. The van der Waals surface area contributed by atoms with E-state index >= 15 is 0 Å². The van der Waals surface area contributed by atoms with Crippen LogP contribution in [-0.2, 0) is 5.75 Å². The van der Waals surface area contributed by atoms with E-state index in [-0.39, 0.29) is 12.4 Å². The number of hydrogen-bond donors (Lipinski definition) is 0. The summed E-state index contributed by atoms with van der Waals surface area (Å²) in [6.45, 7) is 1.15. The standard InChI is InChI=1S/C19H22BrNS.ClH/c1-21(2)11-5-8-17-16-7-4-3-6-14(16)13-22-19-10-9-15(20)12-18(17)19;/h3-4,6-7,9-10,12,17H,5,8,11,13H2,1-2H3;1H. The first kappa shape index (κ1) is 18.9. The van der Waals surface area contributed by atoms with Crippen LogP contribution >= 0.6 is 40.1 Å². The highest BCUT2D eigenvalue weighted by Gasteiger charge is 2.23. The summed E-state index contributed by atoms with van der Waals surface area (Å²) in [5, 5.41) is 0. The number of fused-ring (bicyclic) bond motifs is 2. The zero-order valence-electron chi connectivity index (χ0n) is 13.6. The molecule has 0 fully saturated rings. The summed E-state index contributed by atoms with van der Waals surface area (Å²) in [5.41, 5.74) is 4.50. The van der Waals surface area contributed by atoms with Gasteiger partial charge in [-0.15, -0.1) is 24.2 Å². The summed E-state index contributed by atoms with van der Waals surface area (Å²) in [6.07, 6.45) is 2.43. The monoisotopic (exact) mass is 411 g/mol. The average molecular weight is 413 g/mol. The number of halogens is 2. The van der Waals surface area contributed by atoms with Gasteiger partial charge in [-0.3, -0.25) is 0 Å². The Balaban J connectivity index is 0.00000192. The van der Waals surface area contributed by atoms with Crippen molar-refractivity contribution in [2.45, 2.75) is 29.4 Å². The molecular formula is C19H23BrClNS. The van der Waals surface area contributed by atoms with Crippen LogP contribution in [0.3, 0.4) is 0 Å². The van der Waals surface area contributed by atoms with Gasteiger partial charge in [0.25, 0.3) is 0 Å². The maximum Gasteiger partial charge on any atom is 0.0235 e. The summed E-state index contributed by atoms with van der Waals surface area (Å²) >= 11 is 5.63. The van der Waals surface area contributed by atoms with Crippen molar-refractivity contribution in [2.24, 2.45) is 0 Å². The fraction of sp³-hybridized carbons (Fsp3) is 0.368. The van der Waals surface area contributed by atoms with Crippen molar-refractivity contribution in [2.75, 3.05) is 20.6 Å². The maximum atomic E-state index is 3.66. The maximum absolute atomic E-state index is 3.66. The second-order valence-corrected chi connectivity index (χ2v) is 8.10. The lowest BCUT2D eigenvalue weighted by Crippen LogP contribution is -2.14. The second-order valence-electron chi connectivity index (χ2n) is 6.17. The minimum absolute atomic E-state index is 0. The third-order valence-corrected chi connectivity index (χ3v) is 5.89. The highest BCUT2D eigenvalue weighted by Crippen LogP contribution is 2.43. The van der Waals surface area contributed by atoms with Crippen LogP contribution < -0.4 is 0 Å². The minimum Gasteiger partial charge on any atom is -0.309 e. The van der Waals surface area contributed by atoms with Crippen molar-refractivity contribution >= 4 is 40.1 Å². The van der Waals surface area contributed by atoms with Gasteiger partial charge in [0.1, 0.15) is 0 Å². The molecule has 4 heteroatoms. The highest BCUT2D eigenvalue weighted by molar-refractivity contribution is 9.10. The van der Waals surface area contributed by atoms with Gasteiger partial charge < -0.3 is 4.90 Å². The van der Waals surface area contributed by atoms with Crippen LogP contribution in [0.2, 0.25) is 0 Å². The van der Waals surface area contributed by atoms with Gasteiger partial charge in [-0.2, -0.15) is 0 Å². The Labute approximate surface area is 158 Å². The third kappa shape index (κ3) is 4.54. The van der Waals surface area contributed by atoms with Crippen LogP contribution in [0.5, 0.6) is 0 Å². The number of hydrogen-bond acceptors (Lipinski definition) is 2. The van der Waals surface area contributed by atoms with Crippen LogP contribution in [0.1, 0.15) is 35.4 Å². The first-order valence-corrected chi connectivity index (χ1v) is 9.58. The summed E-state index contributed by atoms with van der Waals surface area (Å²) < 4.78 is 1.18. The van der Waals surface area contributed by atoms with Gasteiger partial charge in [0.05, 0.1) is 0 Å². The van der Waals surface area contributed by atoms with E-state index < -0.39 is 0 Å². The smallest absolute Gasteiger partial charge is 0.0235 e. The van der Waals surface area contributed by atoms with Crippen molar-refractivity contribution in [1.82, 2.24) is 4.90 Å². The predicted molar refractivity (Wildman–Crippen MR) is 107 cm³/mol. The third-order valence-electron chi connectivity index (χ3n) is 4.26. The molecule has 0 spiro atoms. The van der Waals surface area contributed by atoms with E-state index in [1.165, 1.54) is 38.9 Å². The van der Waals surface area contributed by atoms with E-state index in [4.69, 9.17) is 0 Å². The van der Waals surface area contributed by atoms with Crippen LogP contribution in [0.15, 0.2) is 51.8 Å². The van der Waals surface area contributed by atoms with E-state index in [1.54, 1.807) is 0 Å². The van der Waals surface area contributed by atoms with Gasteiger partial charge >= 0.3 is 0 Å². The molecule has 0 N–H and O–H groups in total. The van der Waals surface area contributed by atoms with Crippen LogP contribution in [0, 0.1) is 0 Å². The fourth-order valence-electron chi connectivity index (χ4n) is 3.17. The Morgan fingerprint density at radius 1 is 1.13 bits per heavy atom. The molecule has 0 amide bonds. The van der Waals surface area contributed by atoms with Crippen molar-refractivity contribution in [3.05, 3.63) is 63.6 Å². The molecule has 0 aromatic heterocycles. The van der Waals surface area contributed by atoms with Crippen molar-refractivity contribution in [1.29, 1.82) is 0 Å². The quantitative estimate of drug-likeness (QED) is 0.610. The van der Waals surface area contributed by atoms with E-state index in [0.29, 0.717) is 5.92 Å². The van der Waals surface area contributed by atoms with Gasteiger partial charge in [-0.1, -0.05) is 40.2 Å². The van der Waals surface area contributed by atoms with Crippen molar-refractivity contribution in [3.8, 4) is 0 Å². The molecule has 1 aliphatic rings. The van der Waals surface area contributed by atoms with Gasteiger partial charge in [0, 0.05) is 21.0 Å². The Morgan fingerprint density at radius 2 is 1.91 bits per heavy atom. The molecule has 1 unspecified atom stereocenters. The number of benzene rings is 2. The summed E-state index contributed by atoms with van der Waals surface area (Å²) in [4.78, 5) is 3.72. The molecule has 2 aromatic rings. The zero-order valence-corrected chi connectivity index (χ0v) is 16.8. The first-order valence-electron chi connectivity index (χ1n) is 7.80. The SMILES string of the molecule is CN(C)CCCC1c2ccccc2CSc2ccc(Br)cc21.Cl. The lowest BCUT2D eigenvalue weighted by molar-refractivity contribution is 0.389. The molecule has 2 aromatic carbocycles. The minimum atomic E-state index is 0. The molecule has 1 nitrogen and oxygen atoms in total. The Hall–Kier alpha value is -0.480. The molecular weight excluding hydrogens is 390 g/mol. The van der Waals surface area contributed by atoms with Gasteiger partial charge in [0.2, 0.25) is 0 Å². The highest BCUT2D eigenvalue weighted by atomic mass is 79.9. The molecule has 0 aliphatic carbocycles. The van der Waals surface area contributed by atoms with E-state index in [0.717, 1.165) is 12.3 Å². The Bertz CT molecular complexity index is 660. The van der Waals surface area contributed by atoms with E-state index in [2.05, 4.69) is 77.4 Å². The summed E-state index contributed by atoms with van der Waals surface area (Å²) in [6, 6.07) is 15.7. The summed E-state index contributed by atoms with van der Waals surface area (Å²) in [5.74, 6) is 1.59. The Kier molecular flexibility index (Phi) is 7.02. The van der Waals surface area contributed by atoms with Gasteiger partial charge in [0.15, 0.2) is 0 Å². The van der Waals surface area contributed by atoms with Crippen LogP contribution in [0.25, 0.3) is 0 Å². The molecule has 0 saturated heterocycles. The molecule has 0 saturated carbocycles. The average Bonchev–Trinajstić information content (AvgIpc) is 2.65. The summed E-state index contributed by atoms with van der Waals surface area (Å²) in [7, 11) is 4.31. The fourth-order valence-corrected chi connectivity index (χ4v) is 4.66. The number of nitrogens with zero attached hydrogens (tertiary/aromatic N) is 1. The Morgan fingerprint density at radius 3 is 2.70 bits per heavy atom. The largest absolute Gasteiger partial charge is 0.309 e. The molecule has 0 bridgehead atoms. The first-order chi connectivity index (χ1) is 10.6. The number of rotatable bonds is 4. The van der Waals surface area contributed by atoms with Crippen molar-refractivity contribution in [3.63, 3.8) is 0 Å². The van der Waals surface area contributed by atoms with Crippen LogP contribution in [-0.4, -0.2) is 25.5 Å². The van der Waals surface area contributed by atoms with E-state index in [1.807, 2.05) is 11.8 Å². The van der Waals surface area contributed by atoms with Gasteiger partial charge in [-0.05, 0) is 68.4 Å². The normalized spacial score (nSPS) is 16.3. The second kappa shape index (κ2) is 8.57. The molecule has 1 aliphatic heterocycles. The van der Waals surface area contributed by atoms with Gasteiger partial charge in [-0.25, -0.2) is 0 Å². The molecule has 23 heavy (non-hydrogen) atoms. The van der Waals surface area contributed by atoms with E-state index in [9.17, 15) is 0 Å². The zero-order chi connectivity index (χ0) is 15.5. The number of thioether (sulfide) groups is 1. The van der Waals surface area contributed by atoms with Crippen LogP contribution in [0.4, 0.5) is 0 Å². The predicted octanol–water partition coefficient (Wildman–Crippen LogP) is 5.95. The molecule has 1 atom stereocenters.